The molecular weight excluding hydrogens is 342 g/mol. The van der Waals surface area contributed by atoms with E-state index in [0.717, 1.165) is 15.5 Å². The molecule has 5 nitrogen and oxygen atoms in total. The van der Waals surface area contributed by atoms with Crippen molar-refractivity contribution in [3.8, 4) is 5.13 Å². The van der Waals surface area contributed by atoms with E-state index < -0.39 is 5.97 Å². The van der Waals surface area contributed by atoms with Gasteiger partial charge in [0.2, 0.25) is 0 Å². The fourth-order valence-electron chi connectivity index (χ4n) is 1.83. The molecule has 0 aliphatic carbocycles. The minimum Gasteiger partial charge on any atom is -0.461 e. The van der Waals surface area contributed by atoms with Crippen LogP contribution in [0, 0.1) is 0 Å². The number of thiazole rings is 1. The van der Waals surface area contributed by atoms with Gasteiger partial charge in [-0.2, -0.15) is 0 Å². The maximum absolute atomic E-state index is 11.6. The van der Waals surface area contributed by atoms with Crippen molar-refractivity contribution in [2.75, 3.05) is 6.61 Å². The summed E-state index contributed by atoms with van der Waals surface area (Å²) in [6, 6.07) is 3.94. The lowest BCUT2D eigenvalue weighted by atomic mass is 10.3. The van der Waals surface area contributed by atoms with Crippen molar-refractivity contribution >= 4 is 44.3 Å². The monoisotopic (exact) mass is 351 g/mol. The van der Waals surface area contributed by atoms with E-state index in [-0.39, 0.29) is 0 Å². The molecule has 0 amide bonds. The van der Waals surface area contributed by atoms with Crippen molar-refractivity contribution in [2.24, 2.45) is 0 Å². The van der Waals surface area contributed by atoms with Crippen molar-refractivity contribution in [1.82, 2.24) is 14.5 Å². The Balaban J connectivity index is 2.01. The van der Waals surface area contributed by atoms with Gasteiger partial charge in [0.05, 0.1) is 6.61 Å². The minimum absolute atomic E-state index is 0.325. The summed E-state index contributed by atoms with van der Waals surface area (Å²) in [5, 5.41) is 3.39. The maximum atomic E-state index is 11.6. The predicted molar refractivity (Wildman–Crippen MR) is 80.4 cm³/mol. The average Bonchev–Trinajstić information content (AvgIpc) is 3.04. The third-order valence-corrected chi connectivity index (χ3v) is 3.95. The van der Waals surface area contributed by atoms with Crippen LogP contribution in [0.5, 0.6) is 0 Å². The Morgan fingerprint density at radius 1 is 1.55 bits per heavy atom. The van der Waals surface area contributed by atoms with E-state index in [1.165, 1.54) is 11.3 Å². The normalized spacial score (nSPS) is 10.9. The van der Waals surface area contributed by atoms with Crippen molar-refractivity contribution < 1.29 is 9.53 Å². The molecule has 20 heavy (non-hydrogen) atoms. The van der Waals surface area contributed by atoms with Crippen LogP contribution in [0.3, 0.4) is 0 Å². The number of aromatic nitrogens is 3. The topological polar surface area (TPSA) is 57.0 Å². The molecule has 3 rings (SSSR count). The van der Waals surface area contributed by atoms with Gasteiger partial charge < -0.3 is 4.74 Å². The van der Waals surface area contributed by atoms with Gasteiger partial charge in [-0.25, -0.2) is 14.8 Å². The maximum Gasteiger partial charge on any atom is 0.357 e. The van der Waals surface area contributed by atoms with Gasteiger partial charge in [0, 0.05) is 27.6 Å². The molecule has 3 heterocycles. The Kier molecular flexibility index (Phi) is 3.54. The predicted octanol–water partition coefficient (Wildman–Crippen LogP) is 3.42. The first-order valence-corrected chi connectivity index (χ1v) is 7.62. The highest BCUT2D eigenvalue weighted by molar-refractivity contribution is 9.10. The van der Waals surface area contributed by atoms with Crippen LogP contribution in [-0.4, -0.2) is 27.1 Å². The number of carbonyl (C=O) groups is 1. The number of nitrogens with zero attached hydrogens (tertiary/aromatic N) is 3. The number of hydrogen-bond donors (Lipinski definition) is 0. The van der Waals surface area contributed by atoms with Crippen LogP contribution in [-0.2, 0) is 4.74 Å². The number of carbonyl (C=O) groups excluding carboxylic acids is 1. The lowest BCUT2D eigenvalue weighted by Gasteiger charge is -2.00. The fraction of sp³-hybridized carbons (Fsp3) is 0.154. The summed E-state index contributed by atoms with van der Waals surface area (Å²) in [5.74, 6) is -0.401. The quantitative estimate of drug-likeness (QED) is 0.678. The van der Waals surface area contributed by atoms with Gasteiger partial charge >= 0.3 is 5.97 Å². The molecule has 0 saturated heterocycles. The number of ether oxygens (including phenoxy) is 1. The van der Waals surface area contributed by atoms with E-state index in [1.807, 2.05) is 22.9 Å². The van der Waals surface area contributed by atoms with E-state index in [0.29, 0.717) is 17.4 Å². The van der Waals surface area contributed by atoms with Crippen LogP contribution in [0.2, 0.25) is 0 Å². The van der Waals surface area contributed by atoms with Gasteiger partial charge in [-0.3, -0.25) is 4.57 Å². The van der Waals surface area contributed by atoms with Crippen LogP contribution < -0.4 is 0 Å². The highest BCUT2D eigenvalue weighted by Crippen LogP contribution is 2.23. The van der Waals surface area contributed by atoms with Crippen molar-refractivity contribution in [2.45, 2.75) is 6.92 Å². The van der Waals surface area contributed by atoms with Crippen LogP contribution in [0.25, 0.3) is 16.2 Å². The zero-order valence-corrected chi connectivity index (χ0v) is 12.9. The lowest BCUT2D eigenvalue weighted by Crippen LogP contribution is -2.05. The fourth-order valence-corrected chi connectivity index (χ4v) is 2.95. The van der Waals surface area contributed by atoms with Gasteiger partial charge in [-0.1, -0.05) is 0 Å². The van der Waals surface area contributed by atoms with Crippen LogP contribution in [0.1, 0.15) is 17.4 Å². The highest BCUT2D eigenvalue weighted by Gasteiger charge is 2.14. The third-order valence-electron chi connectivity index (χ3n) is 2.68. The van der Waals surface area contributed by atoms with Gasteiger partial charge in [0.25, 0.3) is 0 Å². The lowest BCUT2D eigenvalue weighted by molar-refractivity contribution is 0.0520. The van der Waals surface area contributed by atoms with Gasteiger partial charge in [0.15, 0.2) is 10.8 Å². The Hall–Kier alpha value is -1.73. The van der Waals surface area contributed by atoms with E-state index in [1.54, 1.807) is 18.5 Å². The summed E-state index contributed by atoms with van der Waals surface area (Å²) in [6.45, 7) is 2.11. The van der Waals surface area contributed by atoms with Crippen molar-refractivity contribution in [1.29, 1.82) is 0 Å². The second kappa shape index (κ2) is 5.34. The van der Waals surface area contributed by atoms with Crippen molar-refractivity contribution in [3.63, 3.8) is 0 Å². The number of pyridine rings is 1. The molecule has 0 aliphatic rings. The molecule has 0 atom stereocenters. The molecule has 3 aromatic heterocycles. The Bertz CT molecular complexity index is 781. The van der Waals surface area contributed by atoms with Gasteiger partial charge in [-0.05, 0) is 35.0 Å². The molecule has 102 valence electrons. The first-order valence-electron chi connectivity index (χ1n) is 5.94. The molecule has 0 bridgehead atoms. The van der Waals surface area contributed by atoms with Crippen LogP contribution >= 0.6 is 27.3 Å². The number of hydrogen-bond acceptors (Lipinski definition) is 5. The molecule has 0 spiro atoms. The van der Waals surface area contributed by atoms with Crippen molar-refractivity contribution in [3.05, 3.63) is 40.1 Å². The number of esters is 1. The first-order chi connectivity index (χ1) is 9.69. The smallest absolute Gasteiger partial charge is 0.357 e. The second-order valence-corrected chi connectivity index (χ2v) is 5.74. The Morgan fingerprint density at radius 3 is 3.20 bits per heavy atom. The average molecular weight is 352 g/mol. The van der Waals surface area contributed by atoms with E-state index >= 15 is 0 Å². The number of halogens is 1. The van der Waals surface area contributed by atoms with Crippen LogP contribution in [0.4, 0.5) is 0 Å². The molecule has 7 heteroatoms. The molecule has 0 aliphatic heterocycles. The molecule has 0 N–H and O–H groups in total. The highest BCUT2D eigenvalue weighted by atomic mass is 79.9. The van der Waals surface area contributed by atoms with E-state index in [9.17, 15) is 4.79 Å². The Morgan fingerprint density at radius 2 is 2.40 bits per heavy atom. The molecule has 0 fully saturated rings. The molecule has 0 aromatic carbocycles. The standard InChI is InChI=1S/C13H10BrN3O2S/c1-2-19-12(18)10-7-20-13(16-10)17-4-3-8-5-9(14)6-15-11(8)17/h3-7H,2H2,1H3. The zero-order valence-electron chi connectivity index (χ0n) is 10.5. The molecule has 3 aromatic rings. The molecule has 0 radical (unpaired) electrons. The zero-order chi connectivity index (χ0) is 14.1. The molecular formula is C13H10BrN3O2S. The largest absolute Gasteiger partial charge is 0.461 e. The van der Waals surface area contributed by atoms with E-state index in [2.05, 4.69) is 25.9 Å². The molecule has 0 saturated carbocycles. The van der Waals surface area contributed by atoms with Crippen LogP contribution in [0.15, 0.2) is 34.4 Å². The minimum atomic E-state index is -0.401. The SMILES string of the molecule is CCOC(=O)c1csc(-n2ccc3cc(Br)cnc32)n1. The first kappa shape index (κ1) is 13.3. The number of fused-ring (bicyclic) bond motifs is 1. The Labute approximate surface area is 127 Å². The summed E-state index contributed by atoms with van der Waals surface area (Å²) in [4.78, 5) is 20.3. The summed E-state index contributed by atoms with van der Waals surface area (Å²) in [5.41, 5.74) is 1.13. The summed E-state index contributed by atoms with van der Waals surface area (Å²) >= 11 is 4.77. The van der Waals surface area contributed by atoms with Gasteiger partial charge in [0.1, 0.15) is 5.65 Å². The second-order valence-electron chi connectivity index (χ2n) is 3.99. The van der Waals surface area contributed by atoms with Gasteiger partial charge in [-0.15, -0.1) is 11.3 Å². The number of rotatable bonds is 3. The third kappa shape index (κ3) is 2.34. The summed E-state index contributed by atoms with van der Waals surface area (Å²) in [6.07, 6.45) is 3.62. The molecule has 0 unspecified atom stereocenters. The summed E-state index contributed by atoms with van der Waals surface area (Å²) in [7, 11) is 0. The summed E-state index contributed by atoms with van der Waals surface area (Å²) < 4.78 is 7.72. The van der Waals surface area contributed by atoms with E-state index in [4.69, 9.17) is 4.74 Å².